The van der Waals surface area contributed by atoms with E-state index in [1.165, 1.54) is 0 Å². The Morgan fingerprint density at radius 2 is 2.20 bits per heavy atom. The third-order valence-electron chi connectivity index (χ3n) is 1.79. The molecule has 1 atom stereocenters. The zero-order valence-electron chi connectivity index (χ0n) is 8.35. The second kappa shape index (κ2) is 5.37. The summed E-state index contributed by atoms with van der Waals surface area (Å²) in [4.78, 5) is 4.20. The first-order valence-electron chi connectivity index (χ1n) is 4.25. The van der Waals surface area contributed by atoms with Crippen molar-refractivity contribution in [1.82, 2.24) is 0 Å². The summed E-state index contributed by atoms with van der Waals surface area (Å²) in [6, 6.07) is 0. The number of nitrogens with zero attached hydrogens (tertiary/aromatic N) is 1. The van der Waals surface area contributed by atoms with Crippen molar-refractivity contribution in [3.8, 4) is 0 Å². The molecule has 0 bridgehead atoms. The third kappa shape index (κ3) is 3.50. The molecule has 15 heavy (non-hydrogen) atoms. The van der Waals surface area contributed by atoms with Crippen LogP contribution in [0.25, 0.3) is 0 Å². The van der Waals surface area contributed by atoms with Crippen molar-refractivity contribution in [2.24, 2.45) is 4.99 Å². The van der Waals surface area contributed by atoms with Gasteiger partial charge in [0.1, 0.15) is 11.3 Å². The Morgan fingerprint density at radius 3 is 2.67 bits per heavy atom. The van der Waals surface area contributed by atoms with Crippen LogP contribution in [0.3, 0.4) is 0 Å². The van der Waals surface area contributed by atoms with E-state index in [1.807, 2.05) is 6.92 Å². The average Bonchev–Trinajstić information content (AvgIpc) is 1.99. The molecule has 0 aromatic heterocycles. The first-order valence-corrected chi connectivity index (χ1v) is 6.09. The van der Waals surface area contributed by atoms with Crippen LogP contribution in [0.5, 0.6) is 0 Å². The number of allylic oxidation sites excluding steroid dienone is 1. The molecule has 5 heteroatoms. The molecule has 0 fully saturated rings. The highest BCUT2D eigenvalue weighted by Gasteiger charge is 2.22. The van der Waals surface area contributed by atoms with Crippen molar-refractivity contribution < 1.29 is 4.74 Å². The normalized spacial score (nSPS) is 22.3. The Hall–Kier alpha value is -0.0000000000000000555. The number of halogens is 3. The SMILES string of the molecule is C=C(Cl)C1=C(N=C(C)Cl)C=C(I)O[C@@H]1C. The zero-order chi connectivity index (χ0) is 11.6. The van der Waals surface area contributed by atoms with Gasteiger partial charge in [0.05, 0.1) is 5.70 Å². The lowest BCUT2D eigenvalue weighted by Gasteiger charge is -2.22. The fourth-order valence-corrected chi connectivity index (χ4v) is 2.29. The molecule has 1 aliphatic rings. The highest BCUT2D eigenvalue weighted by molar-refractivity contribution is 14.1. The van der Waals surface area contributed by atoms with E-state index in [0.29, 0.717) is 15.9 Å². The largest absolute Gasteiger partial charge is 0.480 e. The standard InChI is InChI=1S/C10H10Cl2INO/c1-5(11)10-6(2)15-9(13)4-8(10)14-7(3)12/h4,6H,1H2,2-3H3/t6-/m1/s1. The van der Waals surface area contributed by atoms with Crippen molar-refractivity contribution in [3.05, 3.63) is 32.7 Å². The van der Waals surface area contributed by atoms with Crippen LogP contribution in [-0.4, -0.2) is 11.3 Å². The van der Waals surface area contributed by atoms with E-state index < -0.39 is 0 Å². The summed E-state index contributed by atoms with van der Waals surface area (Å²) >= 11 is 13.7. The van der Waals surface area contributed by atoms with Crippen LogP contribution < -0.4 is 0 Å². The van der Waals surface area contributed by atoms with Gasteiger partial charge < -0.3 is 4.74 Å². The number of rotatable bonds is 2. The number of hydrogen-bond donors (Lipinski definition) is 0. The first kappa shape index (κ1) is 13.1. The number of hydrogen-bond acceptors (Lipinski definition) is 2. The maximum atomic E-state index is 5.90. The highest BCUT2D eigenvalue weighted by Crippen LogP contribution is 2.32. The van der Waals surface area contributed by atoms with Crippen LogP contribution in [0.2, 0.25) is 0 Å². The summed E-state index contributed by atoms with van der Waals surface area (Å²) in [5.74, 6) is 0. The van der Waals surface area contributed by atoms with Gasteiger partial charge in [-0.05, 0) is 36.4 Å². The molecule has 0 N–H and O–H groups in total. The van der Waals surface area contributed by atoms with Crippen molar-refractivity contribution in [1.29, 1.82) is 0 Å². The molecule has 1 rings (SSSR count). The van der Waals surface area contributed by atoms with Crippen LogP contribution in [0.1, 0.15) is 13.8 Å². The Labute approximate surface area is 113 Å². The maximum absolute atomic E-state index is 5.90. The molecule has 0 unspecified atom stereocenters. The Balaban J connectivity index is 3.27. The van der Waals surface area contributed by atoms with Gasteiger partial charge in [-0.15, -0.1) is 0 Å². The lowest BCUT2D eigenvalue weighted by Crippen LogP contribution is -2.15. The predicted octanol–water partition coefficient (Wildman–Crippen LogP) is 4.35. The fraction of sp³-hybridized carbons (Fsp3) is 0.300. The average molecular weight is 358 g/mol. The van der Waals surface area contributed by atoms with Gasteiger partial charge in [0.15, 0.2) is 3.77 Å². The van der Waals surface area contributed by atoms with E-state index in [9.17, 15) is 0 Å². The molecular formula is C10H10Cl2INO. The van der Waals surface area contributed by atoms with Gasteiger partial charge >= 0.3 is 0 Å². The van der Waals surface area contributed by atoms with Crippen molar-refractivity contribution in [2.45, 2.75) is 20.0 Å². The minimum absolute atomic E-state index is 0.151. The molecule has 0 aliphatic carbocycles. The van der Waals surface area contributed by atoms with E-state index in [1.54, 1.807) is 13.0 Å². The summed E-state index contributed by atoms with van der Waals surface area (Å²) in [5, 5.41) is 0.884. The predicted molar refractivity (Wildman–Crippen MR) is 73.6 cm³/mol. The zero-order valence-corrected chi connectivity index (χ0v) is 12.0. The van der Waals surface area contributed by atoms with Gasteiger partial charge in [-0.25, -0.2) is 4.99 Å². The Kier molecular flexibility index (Phi) is 4.67. The first-order chi connectivity index (χ1) is 6.91. The molecule has 82 valence electrons. The summed E-state index contributed by atoms with van der Waals surface area (Å²) in [5.41, 5.74) is 1.49. The van der Waals surface area contributed by atoms with Gasteiger partial charge in [0.2, 0.25) is 0 Å². The Bertz CT molecular complexity index is 377. The summed E-state index contributed by atoms with van der Waals surface area (Å²) in [6.45, 7) is 7.30. The van der Waals surface area contributed by atoms with E-state index in [0.717, 1.165) is 9.34 Å². The molecule has 2 nitrogen and oxygen atoms in total. The minimum atomic E-state index is -0.151. The van der Waals surface area contributed by atoms with Crippen molar-refractivity contribution in [2.75, 3.05) is 0 Å². The van der Waals surface area contributed by atoms with Crippen molar-refractivity contribution in [3.63, 3.8) is 0 Å². The lowest BCUT2D eigenvalue weighted by molar-refractivity contribution is 0.185. The van der Waals surface area contributed by atoms with E-state index >= 15 is 0 Å². The molecule has 0 saturated carbocycles. The van der Waals surface area contributed by atoms with Crippen LogP contribution in [0.15, 0.2) is 37.7 Å². The molecule has 0 aromatic rings. The number of aliphatic imine (C=N–C) groups is 1. The second-order valence-electron chi connectivity index (χ2n) is 3.02. The quantitative estimate of drug-likeness (QED) is 0.532. The van der Waals surface area contributed by atoms with Crippen LogP contribution in [-0.2, 0) is 4.74 Å². The number of ether oxygens (including phenoxy) is 1. The van der Waals surface area contributed by atoms with Gasteiger partial charge in [0.25, 0.3) is 0 Å². The third-order valence-corrected chi connectivity index (χ3v) is 2.64. The van der Waals surface area contributed by atoms with Gasteiger partial charge in [-0.3, -0.25) is 0 Å². The topological polar surface area (TPSA) is 21.6 Å². The highest BCUT2D eigenvalue weighted by atomic mass is 127. The molecule has 1 aliphatic heterocycles. The molecule has 0 aromatic carbocycles. The van der Waals surface area contributed by atoms with Crippen molar-refractivity contribution >= 4 is 51.0 Å². The summed E-state index contributed by atoms with van der Waals surface area (Å²) < 4.78 is 6.27. The van der Waals surface area contributed by atoms with E-state index in [2.05, 4.69) is 34.2 Å². The van der Waals surface area contributed by atoms with Gasteiger partial charge in [-0.1, -0.05) is 29.8 Å². The van der Waals surface area contributed by atoms with E-state index in [4.69, 9.17) is 27.9 Å². The Morgan fingerprint density at radius 1 is 1.60 bits per heavy atom. The fourth-order valence-electron chi connectivity index (χ4n) is 1.27. The smallest absolute Gasteiger partial charge is 0.159 e. The molecule has 0 radical (unpaired) electrons. The van der Waals surface area contributed by atoms with Crippen LogP contribution in [0, 0.1) is 0 Å². The van der Waals surface area contributed by atoms with Gasteiger partial charge in [0, 0.05) is 16.7 Å². The lowest BCUT2D eigenvalue weighted by atomic mass is 10.1. The maximum Gasteiger partial charge on any atom is 0.159 e. The monoisotopic (exact) mass is 357 g/mol. The van der Waals surface area contributed by atoms with E-state index in [-0.39, 0.29) is 6.10 Å². The van der Waals surface area contributed by atoms with Crippen LogP contribution in [0.4, 0.5) is 0 Å². The molecular weight excluding hydrogens is 348 g/mol. The summed E-state index contributed by atoms with van der Waals surface area (Å²) in [6.07, 6.45) is 1.64. The molecule has 0 spiro atoms. The van der Waals surface area contributed by atoms with Crippen LogP contribution >= 0.6 is 45.8 Å². The molecule has 1 heterocycles. The second-order valence-corrected chi connectivity index (χ2v) is 5.09. The molecule has 0 saturated heterocycles. The van der Waals surface area contributed by atoms with Gasteiger partial charge in [-0.2, -0.15) is 0 Å². The molecule has 0 amide bonds. The minimum Gasteiger partial charge on any atom is -0.480 e. The summed E-state index contributed by atoms with van der Waals surface area (Å²) in [7, 11) is 0.